The zero-order chi connectivity index (χ0) is 28.6. The number of anilines is 3. The third-order valence-electron chi connectivity index (χ3n) is 8.06. The summed E-state index contributed by atoms with van der Waals surface area (Å²) in [7, 11) is 0. The van der Waals surface area contributed by atoms with Crippen LogP contribution in [-0.2, 0) is 0 Å². The van der Waals surface area contributed by atoms with Crippen molar-refractivity contribution in [3.8, 4) is 27.9 Å². The Labute approximate surface area is 255 Å². The van der Waals surface area contributed by atoms with Crippen molar-refractivity contribution in [3.05, 3.63) is 170 Å². The minimum Gasteiger partial charge on any atom is -0.322 e. The Hall–Kier alpha value is -5.38. The number of rotatable bonds is 6. The van der Waals surface area contributed by atoms with E-state index in [0.717, 1.165) is 22.7 Å². The van der Waals surface area contributed by atoms with Gasteiger partial charge in [0.25, 0.3) is 0 Å². The van der Waals surface area contributed by atoms with Gasteiger partial charge >= 0.3 is 0 Å². The Kier molecular flexibility index (Phi) is 6.36. The smallest absolute Gasteiger partial charge is 0.0536 e. The van der Waals surface area contributed by atoms with Crippen LogP contribution in [0.25, 0.3) is 48.1 Å². The summed E-state index contributed by atoms with van der Waals surface area (Å²) >= 11 is 1.85. The molecule has 2 nitrogen and oxygen atoms in total. The van der Waals surface area contributed by atoms with Gasteiger partial charge in [0.05, 0.1) is 4.70 Å². The minimum atomic E-state index is 1.11. The van der Waals surface area contributed by atoms with Crippen molar-refractivity contribution in [1.82, 2.24) is 4.57 Å². The van der Waals surface area contributed by atoms with Gasteiger partial charge in [-0.05, 0) is 76.9 Å². The predicted octanol–water partition coefficient (Wildman–Crippen LogP) is 11.6. The minimum absolute atomic E-state index is 1.11. The van der Waals surface area contributed by atoms with E-state index in [9.17, 15) is 0 Å². The average Bonchev–Trinajstić information content (AvgIpc) is 3.65. The highest BCUT2D eigenvalue weighted by Gasteiger charge is 2.14. The van der Waals surface area contributed by atoms with Gasteiger partial charge in [-0.2, -0.15) is 0 Å². The van der Waals surface area contributed by atoms with Crippen LogP contribution in [0.3, 0.4) is 0 Å². The topological polar surface area (TPSA) is 8.17 Å². The lowest BCUT2D eigenvalue weighted by atomic mass is 10.0. The molecule has 0 saturated heterocycles. The van der Waals surface area contributed by atoms with Crippen LogP contribution < -0.4 is 4.90 Å². The summed E-state index contributed by atoms with van der Waals surface area (Å²) in [5, 5.41) is 2.63. The fourth-order valence-corrected chi connectivity index (χ4v) is 6.96. The van der Waals surface area contributed by atoms with E-state index in [4.69, 9.17) is 0 Å². The maximum Gasteiger partial charge on any atom is 0.0536 e. The summed E-state index contributed by atoms with van der Waals surface area (Å²) in [5.74, 6) is 0. The molecule has 0 aliphatic heterocycles. The summed E-state index contributed by atoms with van der Waals surface area (Å²) in [5.41, 5.74) is 9.35. The first-order valence-corrected chi connectivity index (χ1v) is 15.3. The molecule has 3 heteroatoms. The number of thiophene rings is 1. The number of hydrogen-bond acceptors (Lipinski definition) is 2. The molecule has 2 aromatic heterocycles. The van der Waals surface area contributed by atoms with Crippen LogP contribution in [0.2, 0.25) is 0 Å². The molecule has 6 aromatic carbocycles. The van der Waals surface area contributed by atoms with E-state index in [2.05, 4.69) is 180 Å². The molecule has 43 heavy (non-hydrogen) atoms. The Bertz CT molecular complexity index is 2060. The quantitative estimate of drug-likeness (QED) is 0.194. The van der Waals surface area contributed by atoms with Crippen LogP contribution in [0.4, 0.5) is 17.1 Å². The van der Waals surface area contributed by atoms with Crippen LogP contribution in [0, 0.1) is 0 Å². The predicted molar refractivity (Wildman–Crippen MR) is 184 cm³/mol. The zero-order valence-corrected chi connectivity index (χ0v) is 24.3. The molecule has 0 aliphatic carbocycles. The number of nitrogens with zero attached hydrogens (tertiary/aromatic N) is 2. The van der Waals surface area contributed by atoms with Crippen LogP contribution in [0.15, 0.2) is 170 Å². The number of aromatic nitrogens is 1. The molecule has 0 bridgehead atoms. The summed E-state index contributed by atoms with van der Waals surface area (Å²) in [6, 6.07) is 56.3. The highest BCUT2D eigenvalue weighted by atomic mass is 32.1. The largest absolute Gasteiger partial charge is 0.322 e. The van der Waals surface area contributed by atoms with Gasteiger partial charge < -0.3 is 9.47 Å². The third-order valence-corrected chi connectivity index (χ3v) is 9.18. The zero-order valence-electron chi connectivity index (χ0n) is 23.5. The summed E-state index contributed by atoms with van der Waals surface area (Å²) < 4.78 is 4.89. The average molecular weight is 569 g/mol. The van der Waals surface area contributed by atoms with E-state index < -0.39 is 0 Å². The van der Waals surface area contributed by atoms with Gasteiger partial charge in [-0.15, -0.1) is 11.3 Å². The first-order chi connectivity index (χ1) is 21.3. The van der Waals surface area contributed by atoms with Crippen molar-refractivity contribution >= 4 is 48.6 Å². The Morgan fingerprint density at radius 3 is 1.40 bits per heavy atom. The molecular formula is C40H28N2S. The standard InChI is InChI=1S/C40H28N2S/c1-3-9-29(10-4-1)31-15-19-34(20-16-31)42(35-21-17-32(18-22-35)30-11-5-2-6-12-30)36-25-23-33(24-26-36)41-27-38-37-13-7-8-14-39(37)43-40(38)28-41/h1-28H. The van der Waals surface area contributed by atoms with Crippen LogP contribution in [-0.4, -0.2) is 4.57 Å². The molecule has 8 rings (SSSR count). The van der Waals surface area contributed by atoms with Crippen molar-refractivity contribution in [2.24, 2.45) is 0 Å². The molecular weight excluding hydrogens is 541 g/mol. The van der Waals surface area contributed by atoms with E-state index in [1.807, 2.05) is 11.3 Å². The van der Waals surface area contributed by atoms with Gasteiger partial charge in [-0.3, -0.25) is 0 Å². The van der Waals surface area contributed by atoms with Gasteiger partial charge in [0, 0.05) is 50.6 Å². The SMILES string of the molecule is c1ccc(-c2ccc(N(c3ccc(-c4ccccc4)cc3)c3ccc(-n4cc5sc6ccccc6c5c4)cc3)cc2)cc1. The second kappa shape index (κ2) is 10.8. The van der Waals surface area contributed by atoms with Gasteiger partial charge in [0.15, 0.2) is 0 Å². The summed E-state index contributed by atoms with van der Waals surface area (Å²) in [6.45, 7) is 0. The molecule has 0 radical (unpaired) electrons. The Morgan fingerprint density at radius 1 is 0.372 bits per heavy atom. The van der Waals surface area contributed by atoms with E-state index in [1.165, 1.54) is 42.4 Å². The molecule has 0 N–H and O–H groups in total. The van der Waals surface area contributed by atoms with Crippen molar-refractivity contribution in [2.45, 2.75) is 0 Å². The molecule has 0 fully saturated rings. The monoisotopic (exact) mass is 568 g/mol. The van der Waals surface area contributed by atoms with Gasteiger partial charge in [0.1, 0.15) is 0 Å². The Morgan fingerprint density at radius 2 is 0.837 bits per heavy atom. The molecule has 2 heterocycles. The molecule has 8 aromatic rings. The number of fused-ring (bicyclic) bond motifs is 3. The van der Waals surface area contributed by atoms with Crippen molar-refractivity contribution in [2.75, 3.05) is 4.90 Å². The lowest BCUT2D eigenvalue weighted by Gasteiger charge is -2.26. The third kappa shape index (κ3) is 4.80. The lowest BCUT2D eigenvalue weighted by molar-refractivity contribution is 1.09. The van der Waals surface area contributed by atoms with Crippen LogP contribution in [0.5, 0.6) is 0 Å². The van der Waals surface area contributed by atoms with Gasteiger partial charge in [-0.1, -0.05) is 103 Å². The first kappa shape index (κ1) is 25.3. The lowest BCUT2D eigenvalue weighted by Crippen LogP contribution is -2.10. The molecule has 0 atom stereocenters. The second-order valence-electron chi connectivity index (χ2n) is 10.7. The highest BCUT2D eigenvalue weighted by molar-refractivity contribution is 7.25. The second-order valence-corrected chi connectivity index (χ2v) is 11.8. The molecule has 0 spiro atoms. The van der Waals surface area contributed by atoms with E-state index in [0.29, 0.717) is 0 Å². The van der Waals surface area contributed by atoms with Crippen LogP contribution >= 0.6 is 11.3 Å². The van der Waals surface area contributed by atoms with Gasteiger partial charge in [0.2, 0.25) is 0 Å². The maximum atomic E-state index is 2.33. The van der Waals surface area contributed by atoms with E-state index in [-0.39, 0.29) is 0 Å². The number of hydrogen-bond donors (Lipinski definition) is 0. The molecule has 0 amide bonds. The van der Waals surface area contributed by atoms with Crippen molar-refractivity contribution < 1.29 is 0 Å². The summed E-state index contributed by atoms with van der Waals surface area (Å²) in [4.78, 5) is 2.33. The van der Waals surface area contributed by atoms with E-state index in [1.54, 1.807) is 0 Å². The first-order valence-electron chi connectivity index (χ1n) is 14.5. The highest BCUT2D eigenvalue weighted by Crippen LogP contribution is 2.38. The van der Waals surface area contributed by atoms with Gasteiger partial charge in [-0.25, -0.2) is 0 Å². The molecule has 204 valence electrons. The fraction of sp³-hybridized carbons (Fsp3) is 0. The van der Waals surface area contributed by atoms with Crippen LogP contribution in [0.1, 0.15) is 0 Å². The summed E-state index contributed by atoms with van der Waals surface area (Å²) in [6.07, 6.45) is 4.50. The Balaban J connectivity index is 1.17. The van der Waals surface area contributed by atoms with Crippen molar-refractivity contribution in [1.29, 1.82) is 0 Å². The van der Waals surface area contributed by atoms with E-state index >= 15 is 0 Å². The normalized spacial score (nSPS) is 11.3. The molecule has 0 aliphatic rings. The molecule has 0 unspecified atom stereocenters. The maximum absolute atomic E-state index is 2.33. The molecule has 0 saturated carbocycles. The fourth-order valence-electron chi connectivity index (χ4n) is 5.85. The number of benzene rings is 6. The van der Waals surface area contributed by atoms with Crippen molar-refractivity contribution in [3.63, 3.8) is 0 Å².